The number of carbonyl (C=O) groups is 2. The number of ether oxygens (including phenoxy) is 1. The monoisotopic (exact) mass is 569 g/mol. The van der Waals surface area contributed by atoms with Crippen molar-refractivity contribution in [3.8, 4) is 11.4 Å². The number of rotatable bonds is 9. The van der Waals surface area contributed by atoms with Crippen LogP contribution in [0.3, 0.4) is 0 Å². The van der Waals surface area contributed by atoms with Crippen molar-refractivity contribution >= 4 is 34.9 Å². The molecule has 9 nitrogen and oxygen atoms in total. The van der Waals surface area contributed by atoms with Gasteiger partial charge >= 0.3 is 5.97 Å². The number of carboxylic acids is 1. The number of para-hydroxylation sites is 3. The molecule has 1 fully saturated rings. The Balaban J connectivity index is 1.50. The van der Waals surface area contributed by atoms with Gasteiger partial charge in [0.2, 0.25) is 5.91 Å². The minimum Gasteiger partial charge on any atom is -0.495 e. The van der Waals surface area contributed by atoms with Gasteiger partial charge in [0.15, 0.2) is 5.11 Å². The van der Waals surface area contributed by atoms with E-state index < -0.39 is 5.97 Å². The number of nitrogens with one attached hydrogen (secondary N) is 2. The summed E-state index contributed by atoms with van der Waals surface area (Å²) in [6, 6.07) is 21.5. The number of aromatic nitrogens is 2. The summed E-state index contributed by atoms with van der Waals surface area (Å²) < 4.78 is 7.32. The van der Waals surface area contributed by atoms with Gasteiger partial charge in [-0.25, -0.2) is 4.79 Å². The first-order chi connectivity index (χ1) is 19.8. The Labute approximate surface area is 243 Å². The second-order valence-electron chi connectivity index (χ2n) is 9.80. The fourth-order valence-corrected chi connectivity index (χ4v) is 5.81. The van der Waals surface area contributed by atoms with Crippen molar-refractivity contribution in [2.45, 2.75) is 32.4 Å². The van der Waals surface area contributed by atoms with Crippen LogP contribution in [0.15, 0.2) is 79.0 Å². The molecule has 4 aromatic rings. The van der Waals surface area contributed by atoms with E-state index in [0.717, 1.165) is 22.6 Å². The maximum Gasteiger partial charge on any atom is 0.337 e. The predicted octanol–water partition coefficient (Wildman–Crippen LogP) is 5.20. The second kappa shape index (κ2) is 11.8. The second-order valence-corrected chi connectivity index (χ2v) is 10.2. The summed E-state index contributed by atoms with van der Waals surface area (Å²) in [7, 11) is 1.56. The number of carboxylic acid groups (broad SMARTS) is 1. The van der Waals surface area contributed by atoms with Gasteiger partial charge in [-0.3, -0.25) is 9.78 Å². The zero-order chi connectivity index (χ0) is 29.1. The molecular weight excluding hydrogens is 538 g/mol. The molecule has 0 saturated carbocycles. The molecule has 2 aromatic carbocycles. The van der Waals surface area contributed by atoms with E-state index in [1.54, 1.807) is 43.6 Å². The fourth-order valence-electron chi connectivity index (χ4n) is 5.47. The van der Waals surface area contributed by atoms with Gasteiger partial charge in [-0.1, -0.05) is 30.3 Å². The highest BCUT2D eigenvalue weighted by atomic mass is 32.1. The van der Waals surface area contributed by atoms with Gasteiger partial charge in [0, 0.05) is 30.6 Å². The van der Waals surface area contributed by atoms with Crippen molar-refractivity contribution in [2.24, 2.45) is 0 Å². The van der Waals surface area contributed by atoms with Crippen LogP contribution >= 0.6 is 12.2 Å². The van der Waals surface area contributed by atoms with Crippen LogP contribution in [-0.4, -0.2) is 50.2 Å². The van der Waals surface area contributed by atoms with Crippen molar-refractivity contribution in [1.82, 2.24) is 19.8 Å². The third-order valence-electron chi connectivity index (χ3n) is 7.32. The minimum absolute atomic E-state index is 0.168. The van der Waals surface area contributed by atoms with Gasteiger partial charge in [0.25, 0.3) is 0 Å². The van der Waals surface area contributed by atoms with Gasteiger partial charge in [0.1, 0.15) is 5.75 Å². The molecule has 2 aromatic heterocycles. The Morgan fingerprint density at radius 1 is 1.07 bits per heavy atom. The summed E-state index contributed by atoms with van der Waals surface area (Å²) >= 11 is 5.80. The first-order valence-corrected chi connectivity index (χ1v) is 13.6. The number of aromatic carboxylic acids is 1. The quantitative estimate of drug-likeness (QED) is 0.236. The van der Waals surface area contributed by atoms with Crippen LogP contribution in [0.4, 0.5) is 5.69 Å². The maximum atomic E-state index is 13.0. The fraction of sp³-hybridized carbons (Fsp3) is 0.226. The Hall–Kier alpha value is -4.70. The highest BCUT2D eigenvalue weighted by Crippen LogP contribution is 2.41. The largest absolute Gasteiger partial charge is 0.495 e. The molecule has 0 unspecified atom stereocenters. The van der Waals surface area contributed by atoms with Gasteiger partial charge < -0.3 is 29.9 Å². The number of thiocarbonyl (C=S) groups is 1. The minimum atomic E-state index is -0.993. The van der Waals surface area contributed by atoms with E-state index in [4.69, 9.17) is 17.0 Å². The lowest BCUT2D eigenvalue weighted by Gasteiger charge is -2.28. The van der Waals surface area contributed by atoms with E-state index in [0.29, 0.717) is 28.8 Å². The molecule has 0 bridgehead atoms. The van der Waals surface area contributed by atoms with Crippen LogP contribution < -0.4 is 15.4 Å². The highest BCUT2D eigenvalue weighted by Gasteiger charge is 2.41. The van der Waals surface area contributed by atoms with Crippen LogP contribution in [0.25, 0.3) is 5.69 Å². The van der Waals surface area contributed by atoms with Gasteiger partial charge in [-0.2, -0.15) is 0 Å². The van der Waals surface area contributed by atoms with Crippen LogP contribution in [0.2, 0.25) is 0 Å². The Kier molecular flexibility index (Phi) is 8.02. The lowest BCUT2D eigenvalue weighted by Crippen LogP contribution is -2.33. The molecule has 1 aliphatic rings. The third kappa shape index (κ3) is 5.51. The summed E-state index contributed by atoms with van der Waals surface area (Å²) in [4.78, 5) is 31.7. The molecule has 210 valence electrons. The zero-order valence-electron chi connectivity index (χ0n) is 23.0. The van der Waals surface area contributed by atoms with Gasteiger partial charge in [-0.15, -0.1) is 0 Å². The van der Waals surface area contributed by atoms with E-state index in [2.05, 4.69) is 21.7 Å². The van der Waals surface area contributed by atoms with E-state index >= 15 is 0 Å². The van der Waals surface area contributed by atoms with E-state index in [9.17, 15) is 14.7 Å². The molecule has 0 aliphatic carbocycles. The number of benzene rings is 2. The molecular formula is C31H31N5O4S. The maximum absolute atomic E-state index is 13.0. The first-order valence-electron chi connectivity index (χ1n) is 13.2. The molecule has 2 atom stereocenters. The summed E-state index contributed by atoms with van der Waals surface area (Å²) in [6.45, 7) is 4.29. The summed E-state index contributed by atoms with van der Waals surface area (Å²) in [5.74, 6) is -0.577. The van der Waals surface area contributed by atoms with Gasteiger partial charge in [0.05, 0.1) is 41.8 Å². The smallest absolute Gasteiger partial charge is 0.337 e. The summed E-state index contributed by atoms with van der Waals surface area (Å²) in [5, 5.41) is 16.7. The lowest BCUT2D eigenvalue weighted by atomic mass is 9.96. The molecule has 3 heterocycles. The number of hydrogen-bond donors (Lipinski definition) is 3. The standard InChI is InChI=1S/C31H31N5O4S/c1-19-18-22(20(2)36(19)25-13-6-4-10-21(25)30(38)39)29-28(24-12-8-9-16-32-24)34-31(41)35(29)17-15-27(37)33-23-11-5-7-14-26(23)40-3/h4-14,16,18,28-29H,15,17H2,1-3H3,(H,33,37)(H,34,41)(H,38,39)/t28-,29+/m0/s1. The Bertz CT molecular complexity index is 1600. The Morgan fingerprint density at radius 2 is 1.80 bits per heavy atom. The Morgan fingerprint density at radius 3 is 2.54 bits per heavy atom. The summed E-state index contributed by atoms with van der Waals surface area (Å²) in [5.41, 5.74) is 4.96. The average molecular weight is 570 g/mol. The topological polar surface area (TPSA) is 109 Å². The first kappa shape index (κ1) is 27.9. The van der Waals surface area contributed by atoms with Crippen molar-refractivity contribution in [3.05, 3.63) is 107 Å². The zero-order valence-corrected chi connectivity index (χ0v) is 23.8. The number of amides is 1. The van der Waals surface area contributed by atoms with Crippen LogP contribution in [-0.2, 0) is 4.79 Å². The normalized spacial score (nSPS) is 16.4. The van der Waals surface area contributed by atoms with Crippen LogP contribution in [0, 0.1) is 13.8 Å². The summed E-state index contributed by atoms with van der Waals surface area (Å²) in [6.07, 6.45) is 1.93. The lowest BCUT2D eigenvalue weighted by molar-refractivity contribution is -0.116. The van der Waals surface area contributed by atoms with E-state index in [1.807, 2.05) is 59.7 Å². The van der Waals surface area contributed by atoms with Crippen molar-refractivity contribution in [3.63, 3.8) is 0 Å². The van der Waals surface area contributed by atoms with E-state index in [-0.39, 0.29) is 30.0 Å². The molecule has 0 radical (unpaired) electrons. The molecule has 1 aliphatic heterocycles. The average Bonchev–Trinajstić information content (AvgIpc) is 3.46. The number of anilines is 1. The van der Waals surface area contributed by atoms with Crippen molar-refractivity contribution in [2.75, 3.05) is 19.0 Å². The third-order valence-corrected chi connectivity index (χ3v) is 7.68. The highest BCUT2D eigenvalue weighted by molar-refractivity contribution is 7.80. The number of methoxy groups -OCH3 is 1. The number of pyridine rings is 1. The number of aryl methyl sites for hydroxylation is 1. The molecule has 1 saturated heterocycles. The van der Waals surface area contributed by atoms with Gasteiger partial charge in [-0.05, 0) is 74.1 Å². The molecule has 0 spiro atoms. The molecule has 10 heteroatoms. The number of nitrogens with zero attached hydrogens (tertiary/aromatic N) is 3. The molecule has 3 N–H and O–H groups in total. The number of hydrogen-bond acceptors (Lipinski definition) is 5. The van der Waals surface area contributed by atoms with Crippen molar-refractivity contribution < 1.29 is 19.4 Å². The molecule has 1 amide bonds. The predicted molar refractivity (Wildman–Crippen MR) is 161 cm³/mol. The van der Waals surface area contributed by atoms with Crippen LogP contribution in [0.5, 0.6) is 5.75 Å². The molecule has 41 heavy (non-hydrogen) atoms. The van der Waals surface area contributed by atoms with Crippen molar-refractivity contribution in [1.29, 1.82) is 0 Å². The molecule has 5 rings (SSSR count). The number of carbonyl (C=O) groups excluding carboxylic acids is 1. The SMILES string of the molecule is COc1ccccc1NC(=O)CCN1C(=S)N[C@@H](c2ccccn2)[C@H]1c1cc(C)n(-c2ccccc2C(=O)O)c1C. The van der Waals surface area contributed by atoms with Crippen LogP contribution in [0.1, 0.15) is 51.5 Å². The van der Waals surface area contributed by atoms with E-state index in [1.165, 1.54) is 0 Å².